The largest absolute Gasteiger partial charge is 0.380 e. The van der Waals surface area contributed by atoms with Gasteiger partial charge >= 0.3 is 0 Å². The van der Waals surface area contributed by atoms with Crippen LogP contribution in [0.2, 0.25) is 0 Å². The molecule has 2 amide bonds. The summed E-state index contributed by atoms with van der Waals surface area (Å²) in [6, 6.07) is 0. The van der Waals surface area contributed by atoms with E-state index in [0.29, 0.717) is 18.2 Å². The molecule has 0 atom stereocenters. The maximum Gasteiger partial charge on any atom is 0.228 e. The summed E-state index contributed by atoms with van der Waals surface area (Å²) in [6.45, 7) is 0.409. The third-order valence-corrected chi connectivity index (χ3v) is 4.33. The van der Waals surface area contributed by atoms with Crippen molar-refractivity contribution in [2.45, 2.75) is 12.8 Å². The molecule has 9 nitrogen and oxygen atoms in total. The van der Waals surface area contributed by atoms with Gasteiger partial charge in [0.2, 0.25) is 22.1 Å². The van der Waals surface area contributed by atoms with Crippen LogP contribution < -0.4 is 10.6 Å². The third-order valence-electron chi connectivity index (χ3n) is 2.32. The van der Waals surface area contributed by atoms with Gasteiger partial charge in [0.15, 0.2) is 7.91 Å². The smallest absolute Gasteiger partial charge is 0.228 e. The normalized spacial score (nSPS) is 10.4. The van der Waals surface area contributed by atoms with Gasteiger partial charge in [-0.25, -0.2) is 0 Å². The predicted octanol–water partition coefficient (Wildman–Crippen LogP) is 2.09. The highest BCUT2D eigenvalue weighted by Crippen LogP contribution is 2.11. The number of H-pyrrole nitrogens is 2. The van der Waals surface area contributed by atoms with Crippen molar-refractivity contribution in [2.75, 3.05) is 23.8 Å². The predicted molar refractivity (Wildman–Crippen MR) is 91.9 cm³/mol. The molecule has 0 aliphatic heterocycles. The van der Waals surface area contributed by atoms with Crippen molar-refractivity contribution in [3.8, 4) is 0 Å². The van der Waals surface area contributed by atoms with Crippen molar-refractivity contribution in [2.24, 2.45) is 0 Å². The van der Waals surface area contributed by atoms with Crippen LogP contribution in [-0.4, -0.2) is 45.4 Å². The minimum Gasteiger partial charge on any atom is -0.380 e. The molecule has 0 unspecified atom stereocenters. The van der Waals surface area contributed by atoms with Crippen LogP contribution in [0.3, 0.4) is 0 Å². The van der Waals surface area contributed by atoms with E-state index in [0.717, 1.165) is 0 Å². The van der Waals surface area contributed by atoms with E-state index >= 15 is 0 Å². The number of hydrogen-bond acceptors (Lipinski definition) is 9. The van der Waals surface area contributed by atoms with E-state index < -0.39 is 0 Å². The molecule has 23 heavy (non-hydrogen) atoms. The molecule has 0 saturated heterocycles. The molecular formula is C10H12N6O3S4. The maximum absolute atomic E-state index is 11.6. The number of aromatic nitrogens is 4. The quantitative estimate of drug-likeness (QED) is 0.400. The first-order valence-electron chi connectivity index (χ1n) is 6.31. The Labute approximate surface area is 148 Å². The fourth-order valence-electron chi connectivity index (χ4n) is 1.36. The summed E-state index contributed by atoms with van der Waals surface area (Å²) >= 11 is 12.1. The van der Waals surface area contributed by atoms with Gasteiger partial charge in [0.1, 0.15) is 0 Å². The number of amides is 2. The number of aromatic amines is 2. The first-order valence-corrected chi connectivity index (χ1v) is 8.76. The number of hydrogen-bond donors (Lipinski definition) is 4. The van der Waals surface area contributed by atoms with Gasteiger partial charge < -0.3 is 15.4 Å². The lowest BCUT2D eigenvalue weighted by Gasteiger charge is -2.04. The number of carbonyl (C=O) groups is 2. The van der Waals surface area contributed by atoms with Crippen LogP contribution in [0, 0.1) is 7.91 Å². The molecule has 4 N–H and O–H groups in total. The van der Waals surface area contributed by atoms with Gasteiger partial charge in [0.05, 0.1) is 26.1 Å². The molecule has 0 aliphatic rings. The highest BCUT2D eigenvalue weighted by Gasteiger charge is 2.07. The molecule has 0 spiro atoms. The van der Waals surface area contributed by atoms with Gasteiger partial charge in [-0.05, 0) is 24.4 Å². The van der Waals surface area contributed by atoms with Gasteiger partial charge in [0, 0.05) is 0 Å². The zero-order valence-corrected chi connectivity index (χ0v) is 14.8. The van der Waals surface area contributed by atoms with Crippen molar-refractivity contribution in [3.63, 3.8) is 0 Å². The van der Waals surface area contributed by atoms with Crippen LogP contribution in [-0.2, 0) is 14.3 Å². The zero-order valence-electron chi connectivity index (χ0n) is 11.6. The molecule has 0 fully saturated rings. The van der Waals surface area contributed by atoms with Crippen molar-refractivity contribution >= 4 is 69.2 Å². The summed E-state index contributed by atoms with van der Waals surface area (Å²) in [6.07, 6.45) is 0.323. The number of nitrogens with one attached hydrogen (secondary N) is 4. The summed E-state index contributed by atoms with van der Waals surface area (Å²) in [4.78, 5) is 23.2. The van der Waals surface area contributed by atoms with Gasteiger partial charge in [0.25, 0.3) is 0 Å². The van der Waals surface area contributed by atoms with Crippen LogP contribution in [0.1, 0.15) is 12.8 Å². The summed E-state index contributed by atoms with van der Waals surface area (Å²) < 4.78 is 6.23. The molecule has 13 heteroatoms. The van der Waals surface area contributed by atoms with Gasteiger partial charge in [-0.2, -0.15) is 0 Å². The lowest BCUT2D eigenvalue weighted by molar-refractivity contribution is -0.117. The molecule has 2 heterocycles. The molecule has 0 aliphatic carbocycles. The minimum atomic E-state index is -0.233. The monoisotopic (exact) mass is 392 g/mol. The van der Waals surface area contributed by atoms with Crippen LogP contribution >= 0.6 is 47.1 Å². The van der Waals surface area contributed by atoms with E-state index in [2.05, 4.69) is 31.0 Å². The Balaban J connectivity index is 1.56. The summed E-state index contributed by atoms with van der Waals surface area (Å²) in [7, 11) is 0. The lowest BCUT2D eigenvalue weighted by atomic mass is 10.4. The topological polar surface area (TPSA) is 125 Å². The minimum absolute atomic E-state index is 0.161. The van der Waals surface area contributed by atoms with Gasteiger partial charge in [-0.3, -0.25) is 19.8 Å². The van der Waals surface area contributed by atoms with Crippen LogP contribution in [0.25, 0.3) is 0 Å². The molecular weight excluding hydrogens is 380 g/mol. The fourth-order valence-corrected chi connectivity index (χ4v) is 2.97. The second kappa shape index (κ2) is 8.93. The van der Waals surface area contributed by atoms with Crippen LogP contribution in [0.5, 0.6) is 0 Å². The Morgan fingerprint density at radius 1 is 0.957 bits per heavy atom. The number of rotatable bonds is 8. The maximum atomic E-state index is 11.6. The molecule has 2 aromatic rings. The van der Waals surface area contributed by atoms with Crippen molar-refractivity contribution in [1.82, 2.24) is 20.4 Å². The van der Waals surface area contributed by atoms with E-state index in [9.17, 15) is 9.59 Å². The van der Waals surface area contributed by atoms with E-state index in [1.54, 1.807) is 0 Å². The molecule has 2 rings (SSSR count). The van der Waals surface area contributed by atoms with Crippen molar-refractivity contribution in [3.05, 3.63) is 7.91 Å². The van der Waals surface area contributed by atoms with E-state index in [1.807, 2.05) is 0 Å². The van der Waals surface area contributed by atoms with Crippen LogP contribution in [0.15, 0.2) is 0 Å². The Morgan fingerprint density at radius 2 is 1.39 bits per heavy atom. The van der Waals surface area contributed by atoms with Crippen molar-refractivity contribution in [1.29, 1.82) is 0 Å². The van der Waals surface area contributed by atoms with E-state index in [-0.39, 0.29) is 37.9 Å². The molecule has 0 radical (unpaired) electrons. The lowest BCUT2D eigenvalue weighted by Crippen LogP contribution is -2.17. The standard InChI is InChI=1S/C10H12N6O3S4/c17-5(11-7-13-15-9(20)22-7)1-3-19-4-2-6(18)12-8-14-16-10(21)23-8/h1-4H2,(H,15,20)(H,16,21)(H,11,13,17)(H,12,14,18). The molecule has 0 bridgehead atoms. The summed E-state index contributed by atoms with van der Waals surface area (Å²) in [5, 5.41) is 18.8. The third kappa shape index (κ3) is 6.62. The number of carbonyl (C=O) groups excluding carboxylic acids is 2. The SMILES string of the molecule is O=C(CCOCCC(=O)Nc1n[nH]c(=S)s1)Nc1n[nH]c(=S)s1. The van der Waals surface area contributed by atoms with E-state index in [1.165, 1.54) is 22.7 Å². The van der Waals surface area contributed by atoms with Gasteiger partial charge in [-0.1, -0.05) is 22.7 Å². The Kier molecular flexibility index (Phi) is 6.91. The molecule has 2 aromatic heterocycles. The van der Waals surface area contributed by atoms with E-state index in [4.69, 9.17) is 29.2 Å². The molecule has 0 aromatic carbocycles. The second-order valence-electron chi connectivity index (χ2n) is 4.05. The number of ether oxygens (including phenoxy) is 1. The average Bonchev–Trinajstić information content (AvgIpc) is 3.07. The molecule has 124 valence electrons. The zero-order chi connectivity index (χ0) is 16.7. The first-order chi connectivity index (χ1) is 11.0. The summed E-state index contributed by atoms with van der Waals surface area (Å²) in [5.41, 5.74) is 0. The number of nitrogens with zero attached hydrogens (tertiary/aromatic N) is 2. The van der Waals surface area contributed by atoms with Crippen molar-refractivity contribution < 1.29 is 14.3 Å². The summed E-state index contributed by atoms with van der Waals surface area (Å²) in [5.74, 6) is -0.466. The molecule has 0 saturated carbocycles. The Morgan fingerprint density at radius 3 is 1.74 bits per heavy atom. The average molecular weight is 393 g/mol. The Hall–Kier alpha value is -1.54. The number of anilines is 2. The highest BCUT2D eigenvalue weighted by atomic mass is 32.2. The second-order valence-corrected chi connectivity index (χ2v) is 7.38. The Bertz CT molecular complexity index is 713. The van der Waals surface area contributed by atoms with Crippen LogP contribution in [0.4, 0.5) is 10.3 Å². The van der Waals surface area contributed by atoms with Gasteiger partial charge in [-0.15, -0.1) is 10.2 Å². The highest BCUT2D eigenvalue weighted by molar-refractivity contribution is 7.73. The first kappa shape index (κ1) is 17.8. The fraction of sp³-hybridized carbons (Fsp3) is 0.400.